The monoisotopic (exact) mass is 433 g/mol. The van der Waals surface area contributed by atoms with Gasteiger partial charge in [-0.1, -0.05) is 0 Å². The number of allylic oxidation sites excluding steroid dienone is 2. The highest BCUT2D eigenvalue weighted by Crippen LogP contribution is 2.40. The molecule has 0 unspecified atom stereocenters. The Morgan fingerprint density at radius 3 is 2.07 bits per heavy atom. The summed E-state index contributed by atoms with van der Waals surface area (Å²) in [6, 6.07) is 11.6. The van der Waals surface area contributed by atoms with Crippen molar-refractivity contribution in [2.45, 2.75) is 11.1 Å². The van der Waals surface area contributed by atoms with Crippen LogP contribution in [0.25, 0.3) is 0 Å². The van der Waals surface area contributed by atoms with E-state index < -0.39 is 38.8 Å². The third-order valence-electron chi connectivity index (χ3n) is 3.52. The Kier molecular flexibility index (Phi) is 6.33. The molecule has 2 aromatic rings. The standard InChI is InChI=1S/C18H10F3N5O3S/c19-18(20,21)15-7-12(26-16(10-24)11(8-22)9-23)1-6-17(15)29-13-2-4-14(5-3-13)30(25,27)28/h1-7,26H,(H2,25,27,28). The van der Waals surface area contributed by atoms with Gasteiger partial charge < -0.3 is 10.1 Å². The van der Waals surface area contributed by atoms with Gasteiger partial charge in [-0.05, 0) is 42.5 Å². The molecule has 3 N–H and O–H groups in total. The van der Waals surface area contributed by atoms with Crippen molar-refractivity contribution in [3.63, 3.8) is 0 Å². The van der Waals surface area contributed by atoms with E-state index in [2.05, 4.69) is 5.32 Å². The van der Waals surface area contributed by atoms with E-state index in [9.17, 15) is 21.6 Å². The molecule has 2 rings (SSSR count). The van der Waals surface area contributed by atoms with Crippen LogP contribution in [0.3, 0.4) is 0 Å². The second-order valence-electron chi connectivity index (χ2n) is 5.54. The van der Waals surface area contributed by atoms with Crippen LogP contribution in [0.4, 0.5) is 18.9 Å². The van der Waals surface area contributed by atoms with E-state index in [-0.39, 0.29) is 16.3 Å². The predicted molar refractivity (Wildman–Crippen MR) is 96.8 cm³/mol. The quantitative estimate of drug-likeness (QED) is 0.685. The van der Waals surface area contributed by atoms with Crippen molar-refractivity contribution in [2.24, 2.45) is 5.14 Å². The maximum atomic E-state index is 13.5. The average Bonchev–Trinajstić information content (AvgIpc) is 2.68. The van der Waals surface area contributed by atoms with Gasteiger partial charge in [0.15, 0.2) is 5.57 Å². The fourth-order valence-electron chi connectivity index (χ4n) is 2.17. The molecule has 0 spiro atoms. The van der Waals surface area contributed by atoms with E-state index in [0.717, 1.165) is 36.4 Å². The summed E-state index contributed by atoms with van der Waals surface area (Å²) in [5.74, 6) is -0.679. The van der Waals surface area contributed by atoms with Gasteiger partial charge >= 0.3 is 6.18 Å². The zero-order valence-corrected chi connectivity index (χ0v) is 15.5. The molecule has 0 saturated carbocycles. The highest BCUT2D eigenvalue weighted by Gasteiger charge is 2.35. The largest absolute Gasteiger partial charge is 0.457 e. The van der Waals surface area contributed by atoms with E-state index in [0.29, 0.717) is 6.07 Å². The van der Waals surface area contributed by atoms with Crippen LogP contribution in [0.2, 0.25) is 0 Å². The lowest BCUT2D eigenvalue weighted by Gasteiger charge is -2.16. The summed E-state index contributed by atoms with van der Waals surface area (Å²) in [7, 11) is -3.98. The summed E-state index contributed by atoms with van der Waals surface area (Å²) in [6.07, 6.45) is -4.85. The number of nitrogens with zero attached hydrogens (tertiary/aromatic N) is 3. The molecule has 0 radical (unpaired) electrons. The Bertz CT molecular complexity index is 1220. The maximum absolute atomic E-state index is 13.5. The number of primary sulfonamides is 1. The van der Waals surface area contributed by atoms with E-state index >= 15 is 0 Å². The van der Waals surface area contributed by atoms with Crippen molar-refractivity contribution < 1.29 is 26.3 Å². The Morgan fingerprint density at radius 1 is 1.00 bits per heavy atom. The molecule has 0 aliphatic heterocycles. The summed E-state index contributed by atoms with van der Waals surface area (Å²) in [6.45, 7) is 0. The Balaban J connectivity index is 2.43. The van der Waals surface area contributed by atoms with Crippen molar-refractivity contribution in [3.8, 4) is 29.7 Å². The van der Waals surface area contributed by atoms with Crippen LogP contribution in [0.1, 0.15) is 5.56 Å². The molecule has 0 atom stereocenters. The number of alkyl halides is 3. The van der Waals surface area contributed by atoms with Crippen molar-refractivity contribution >= 4 is 15.7 Å². The molecule has 0 bridgehead atoms. The maximum Gasteiger partial charge on any atom is 0.420 e. The summed E-state index contributed by atoms with van der Waals surface area (Å²) >= 11 is 0. The zero-order chi connectivity index (χ0) is 22.5. The number of nitrogens with one attached hydrogen (secondary N) is 1. The summed E-state index contributed by atoms with van der Waals surface area (Å²) < 4.78 is 68.1. The third-order valence-corrected chi connectivity index (χ3v) is 4.45. The summed E-state index contributed by atoms with van der Waals surface area (Å²) in [5.41, 5.74) is -2.53. The molecule has 152 valence electrons. The molecule has 30 heavy (non-hydrogen) atoms. The first-order valence-electron chi connectivity index (χ1n) is 7.73. The molecular weight excluding hydrogens is 423 g/mol. The molecule has 0 aliphatic rings. The minimum Gasteiger partial charge on any atom is -0.457 e. The van der Waals surface area contributed by atoms with Gasteiger partial charge in [0.2, 0.25) is 10.0 Å². The summed E-state index contributed by atoms with van der Waals surface area (Å²) in [4.78, 5) is -0.243. The minimum absolute atomic E-state index is 0.0810. The van der Waals surface area contributed by atoms with Crippen LogP contribution in [-0.2, 0) is 16.2 Å². The fraction of sp³-hybridized carbons (Fsp3) is 0.0556. The lowest BCUT2D eigenvalue weighted by atomic mass is 10.1. The van der Waals surface area contributed by atoms with E-state index in [1.165, 1.54) is 18.2 Å². The van der Waals surface area contributed by atoms with Crippen LogP contribution in [-0.4, -0.2) is 8.42 Å². The molecule has 8 nitrogen and oxygen atoms in total. The number of hydrogen-bond donors (Lipinski definition) is 2. The van der Waals surface area contributed by atoms with E-state index in [1.54, 1.807) is 0 Å². The zero-order valence-electron chi connectivity index (χ0n) is 14.7. The van der Waals surface area contributed by atoms with Crippen LogP contribution in [0.5, 0.6) is 11.5 Å². The van der Waals surface area contributed by atoms with Crippen molar-refractivity contribution in [1.82, 2.24) is 0 Å². The molecule has 0 aromatic heterocycles. The number of nitriles is 3. The molecule has 2 aromatic carbocycles. The number of rotatable bonds is 5. The number of sulfonamides is 1. The van der Waals surface area contributed by atoms with Crippen molar-refractivity contribution in [1.29, 1.82) is 15.8 Å². The van der Waals surface area contributed by atoms with Crippen LogP contribution in [0, 0.1) is 34.0 Å². The van der Waals surface area contributed by atoms with E-state index in [4.69, 9.17) is 25.7 Å². The normalized spacial score (nSPS) is 10.8. The molecule has 0 fully saturated rings. The van der Waals surface area contributed by atoms with Gasteiger partial charge in [-0.15, -0.1) is 0 Å². The van der Waals surface area contributed by atoms with Crippen molar-refractivity contribution in [3.05, 3.63) is 59.3 Å². The highest BCUT2D eigenvalue weighted by molar-refractivity contribution is 7.89. The molecule has 0 saturated heterocycles. The average molecular weight is 433 g/mol. The van der Waals surface area contributed by atoms with Gasteiger partial charge in [0, 0.05) is 5.69 Å². The lowest BCUT2D eigenvalue weighted by Crippen LogP contribution is -2.11. The topological polar surface area (TPSA) is 153 Å². The molecule has 0 heterocycles. The van der Waals surface area contributed by atoms with Gasteiger partial charge in [0.05, 0.1) is 4.90 Å². The molecular formula is C18H10F3N5O3S. The van der Waals surface area contributed by atoms with Gasteiger partial charge in [0.1, 0.15) is 41.0 Å². The Labute approximate surface area is 168 Å². The molecule has 12 heteroatoms. The Hall–Kier alpha value is -4.05. The highest BCUT2D eigenvalue weighted by atomic mass is 32.2. The Morgan fingerprint density at radius 2 is 1.60 bits per heavy atom. The number of anilines is 1. The van der Waals surface area contributed by atoms with Crippen LogP contribution in [0.15, 0.2) is 58.6 Å². The first kappa shape index (κ1) is 22.2. The summed E-state index contributed by atoms with van der Waals surface area (Å²) in [5, 5.41) is 33.9. The smallest absolute Gasteiger partial charge is 0.420 e. The number of nitrogens with two attached hydrogens (primary N) is 1. The van der Waals surface area contributed by atoms with Gasteiger partial charge in [-0.25, -0.2) is 13.6 Å². The third kappa shape index (κ3) is 5.26. The second kappa shape index (κ2) is 8.53. The molecule has 0 aliphatic carbocycles. The first-order chi connectivity index (χ1) is 14.0. The lowest BCUT2D eigenvalue weighted by molar-refractivity contribution is -0.138. The number of hydrogen-bond acceptors (Lipinski definition) is 7. The second-order valence-corrected chi connectivity index (χ2v) is 7.10. The number of benzene rings is 2. The van der Waals surface area contributed by atoms with Gasteiger partial charge in [-0.3, -0.25) is 0 Å². The van der Waals surface area contributed by atoms with Crippen LogP contribution < -0.4 is 15.2 Å². The number of ether oxygens (including phenoxy) is 1. The van der Waals surface area contributed by atoms with Gasteiger partial charge in [-0.2, -0.15) is 29.0 Å². The van der Waals surface area contributed by atoms with Crippen molar-refractivity contribution in [2.75, 3.05) is 5.32 Å². The molecule has 0 amide bonds. The SMILES string of the molecule is N#CC(C#N)=C(C#N)Nc1ccc(Oc2ccc(S(N)(=O)=O)cc2)c(C(F)(F)F)c1. The van der Waals surface area contributed by atoms with Gasteiger partial charge in [0.25, 0.3) is 0 Å². The van der Waals surface area contributed by atoms with Crippen LogP contribution >= 0.6 is 0 Å². The number of halogens is 3. The predicted octanol–water partition coefficient (Wildman–Crippen LogP) is 3.38. The van der Waals surface area contributed by atoms with E-state index in [1.807, 2.05) is 0 Å². The first-order valence-corrected chi connectivity index (χ1v) is 9.27. The minimum atomic E-state index is -4.85. The fourth-order valence-corrected chi connectivity index (χ4v) is 2.69.